The number of rotatable bonds is 2. The number of nitrogens with zero attached hydrogens (tertiary/aromatic N) is 1. The lowest BCUT2D eigenvalue weighted by Crippen LogP contribution is -2.56. The van der Waals surface area contributed by atoms with Crippen LogP contribution in [0.15, 0.2) is 0 Å². The average Bonchev–Trinajstić information content (AvgIpc) is 3.15. The highest BCUT2D eigenvalue weighted by Gasteiger charge is 2.51. The van der Waals surface area contributed by atoms with Crippen molar-refractivity contribution in [3.05, 3.63) is 0 Å². The number of carbonyl (C=O) groups is 1. The fraction of sp³-hybridized carbons (Fsp3) is 0.941. The maximum Gasteiger partial charge on any atom is 0.226 e. The van der Waals surface area contributed by atoms with Crippen molar-refractivity contribution < 1.29 is 13.7 Å². The van der Waals surface area contributed by atoms with Crippen LogP contribution in [0.4, 0.5) is 0 Å². The third-order valence-electron chi connectivity index (χ3n) is 6.50. The highest BCUT2D eigenvalue weighted by atomic mass is 32.2. The van der Waals surface area contributed by atoms with Gasteiger partial charge in [0.2, 0.25) is 5.91 Å². The molecule has 2 aliphatic carbocycles. The van der Waals surface area contributed by atoms with Gasteiger partial charge >= 0.3 is 0 Å². The van der Waals surface area contributed by atoms with E-state index in [-0.39, 0.29) is 11.5 Å². The predicted molar refractivity (Wildman–Crippen MR) is 88.6 cm³/mol. The molecule has 2 saturated carbocycles. The van der Waals surface area contributed by atoms with Crippen molar-refractivity contribution >= 4 is 15.6 Å². The normalized spacial score (nSPS) is 44.6. The van der Waals surface area contributed by atoms with Gasteiger partial charge in [-0.1, -0.05) is 25.7 Å². The standard InChI is InChI=1S/C17H28N2O3S/c18-23(21)9-5-17(6-10-23)12-19(7-8-22-17)16(20)15-11-14(15)13-3-1-2-4-13/h13-15,18H,1-12H2. The van der Waals surface area contributed by atoms with Gasteiger partial charge in [0.25, 0.3) is 0 Å². The lowest BCUT2D eigenvalue weighted by atomic mass is 9.93. The molecule has 2 saturated heterocycles. The maximum atomic E-state index is 12.9. The molecule has 2 unspecified atom stereocenters. The Hall–Kier alpha value is -0.620. The number of ether oxygens (including phenoxy) is 1. The van der Waals surface area contributed by atoms with Gasteiger partial charge in [0.1, 0.15) is 0 Å². The van der Waals surface area contributed by atoms with Crippen molar-refractivity contribution in [2.24, 2.45) is 17.8 Å². The Bertz CT molecular complexity index is 569. The lowest BCUT2D eigenvalue weighted by molar-refractivity contribution is -0.153. The third-order valence-corrected chi connectivity index (χ3v) is 8.22. The summed E-state index contributed by atoms with van der Waals surface area (Å²) in [7, 11) is -2.40. The van der Waals surface area contributed by atoms with E-state index in [4.69, 9.17) is 9.52 Å². The largest absolute Gasteiger partial charge is 0.371 e. The zero-order chi connectivity index (χ0) is 16.1. The first-order chi connectivity index (χ1) is 11.0. The quantitative estimate of drug-likeness (QED) is 0.838. The number of amides is 1. The molecule has 6 heteroatoms. The van der Waals surface area contributed by atoms with E-state index in [1.165, 1.54) is 25.7 Å². The first-order valence-electron chi connectivity index (χ1n) is 9.15. The van der Waals surface area contributed by atoms with Crippen molar-refractivity contribution in [1.82, 2.24) is 4.90 Å². The molecule has 2 heterocycles. The summed E-state index contributed by atoms with van der Waals surface area (Å²) < 4.78 is 25.6. The molecule has 0 radical (unpaired) electrons. The number of morpholine rings is 1. The molecule has 4 aliphatic rings. The molecule has 23 heavy (non-hydrogen) atoms. The molecule has 1 amide bonds. The van der Waals surface area contributed by atoms with Crippen LogP contribution in [0.25, 0.3) is 0 Å². The van der Waals surface area contributed by atoms with E-state index in [1.54, 1.807) is 0 Å². The number of nitrogens with one attached hydrogen (secondary N) is 1. The smallest absolute Gasteiger partial charge is 0.226 e. The van der Waals surface area contributed by atoms with Crippen molar-refractivity contribution in [1.29, 1.82) is 4.78 Å². The van der Waals surface area contributed by atoms with E-state index in [2.05, 4.69) is 0 Å². The summed E-state index contributed by atoms with van der Waals surface area (Å²) in [6.45, 7) is 1.94. The Balaban J connectivity index is 1.37. The second-order valence-corrected chi connectivity index (χ2v) is 10.5. The molecule has 0 bridgehead atoms. The molecule has 0 aromatic carbocycles. The average molecular weight is 340 g/mol. The number of carbonyl (C=O) groups excluding carboxylic acids is 1. The molecule has 4 rings (SSSR count). The topological polar surface area (TPSA) is 70.5 Å². The van der Waals surface area contributed by atoms with Gasteiger partial charge in [0.05, 0.1) is 12.2 Å². The van der Waals surface area contributed by atoms with Gasteiger partial charge in [-0.25, -0.2) is 4.21 Å². The number of hydrogen-bond donors (Lipinski definition) is 1. The Kier molecular flexibility index (Phi) is 3.95. The number of hydrogen-bond acceptors (Lipinski definition) is 4. The lowest BCUT2D eigenvalue weighted by Gasteiger charge is -2.45. The molecule has 1 spiro atoms. The molecular weight excluding hydrogens is 312 g/mol. The predicted octanol–water partition coefficient (Wildman–Crippen LogP) is 2.25. The monoisotopic (exact) mass is 340 g/mol. The second-order valence-electron chi connectivity index (χ2n) is 8.06. The zero-order valence-electron chi connectivity index (χ0n) is 13.8. The van der Waals surface area contributed by atoms with Crippen LogP contribution in [-0.2, 0) is 19.3 Å². The van der Waals surface area contributed by atoms with Gasteiger partial charge in [-0.3, -0.25) is 9.57 Å². The molecule has 0 aromatic heterocycles. The minimum atomic E-state index is -2.40. The fourth-order valence-corrected chi connectivity index (χ4v) is 6.51. The summed E-state index contributed by atoms with van der Waals surface area (Å²) in [6.07, 6.45) is 7.74. The van der Waals surface area contributed by atoms with Crippen LogP contribution in [-0.4, -0.2) is 51.8 Å². The Morgan fingerprint density at radius 2 is 1.91 bits per heavy atom. The van der Waals surface area contributed by atoms with Gasteiger partial charge in [-0.05, 0) is 31.1 Å². The van der Waals surface area contributed by atoms with Gasteiger partial charge < -0.3 is 9.64 Å². The summed E-state index contributed by atoms with van der Waals surface area (Å²) in [5.41, 5.74) is -0.326. The van der Waals surface area contributed by atoms with Crippen LogP contribution in [0.1, 0.15) is 44.9 Å². The van der Waals surface area contributed by atoms with Crippen molar-refractivity contribution in [2.45, 2.75) is 50.5 Å². The van der Waals surface area contributed by atoms with Crippen LogP contribution >= 0.6 is 0 Å². The fourth-order valence-electron chi connectivity index (χ4n) is 4.90. The maximum absolute atomic E-state index is 12.9. The first kappa shape index (κ1) is 15.9. The summed E-state index contributed by atoms with van der Waals surface area (Å²) in [4.78, 5) is 14.9. The summed E-state index contributed by atoms with van der Waals surface area (Å²) in [5.74, 6) is 2.87. The summed E-state index contributed by atoms with van der Waals surface area (Å²) in [6, 6.07) is 0. The summed E-state index contributed by atoms with van der Waals surface area (Å²) >= 11 is 0. The molecule has 2 aliphatic heterocycles. The van der Waals surface area contributed by atoms with Crippen LogP contribution in [0.2, 0.25) is 0 Å². The van der Waals surface area contributed by atoms with Crippen molar-refractivity contribution in [3.8, 4) is 0 Å². The first-order valence-corrected chi connectivity index (χ1v) is 11.0. The van der Waals surface area contributed by atoms with Crippen LogP contribution < -0.4 is 0 Å². The van der Waals surface area contributed by atoms with E-state index in [1.807, 2.05) is 4.90 Å². The molecule has 1 N–H and O–H groups in total. The van der Waals surface area contributed by atoms with Gasteiger partial charge in [-0.15, -0.1) is 0 Å². The van der Waals surface area contributed by atoms with E-state index in [0.717, 1.165) is 12.3 Å². The van der Waals surface area contributed by atoms with Gasteiger partial charge in [0, 0.05) is 40.2 Å². The Morgan fingerprint density at radius 1 is 1.22 bits per heavy atom. The van der Waals surface area contributed by atoms with E-state index < -0.39 is 9.73 Å². The van der Waals surface area contributed by atoms with E-state index in [0.29, 0.717) is 55.9 Å². The Labute approximate surface area is 139 Å². The zero-order valence-corrected chi connectivity index (χ0v) is 14.6. The van der Waals surface area contributed by atoms with Crippen LogP contribution in [0.5, 0.6) is 0 Å². The molecule has 5 nitrogen and oxygen atoms in total. The Morgan fingerprint density at radius 3 is 2.61 bits per heavy atom. The minimum Gasteiger partial charge on any atom is -0.371 e. The van der Waals surface area contributed by atoms with E-state index >= 15 is 0 Å². The van der Waals surface area contributed by atoms with E-state index in [9.17, 15) is 9.00 Å². The van der Waals surface area contributed by atoms with Crippen LogP contribution in [0.3, 0.4) is 0 Å². The minimum absolute atomic E-state index is 0.261. The molecule has 130 valence electrons. The second kappa shape index (κ2) is 5.73. The van der Waals surface area contributed by atoms with Crippen molar-refractivity contribution in [3.63, 3.8) is 0 Å². The highest BCUT2D eigenvalue weighted by molar-refractivity contribution is 7.92. The van der Waals surface area contributed by atoms with Crippen LogP contribution in [0, 0.1) is 22.5 Å². The summed E-state index contributed by atoms with van der Waals surface area (Å²) in [5, 5.41) is 0. The molecule has 4 fully saturated rings. The molecule has 2 atom stereocenters. The van der Waals surface area contributed by atoms with Crippen molar-refractivity contribution in [2.75, 3.05) is 31.2 Å². The van der Waals surface area contributed by atoms with Gasteiger partial charge in [-0.2, -0.15) is 0 Å². The molecular formula is C17H28N2O3S. The third kappa shape index (κ3) is 3.16. The van der Waals surface area contributed by atoms with Gasteiger partial charge in [0.15, 0.2) is 0 Å². The highest BCUT2D eigenvalue weighted by Crippen LogP contribution is 2.51. The molecule has 0 aromatic rings. The SMILES string of the molecule is N=S1(=O)CCC2(CC1)CN(C(=O)C1CC1C1CCCC1)CCO2.